The van der Waals surface area contributed by atoms with E-state index in [1.165, 1.54) is 12.1 Å². The normalized spacial score (nSPS) is 10.9. The molecule has 0 fully saturated rings. The first-order valence-electron chi connectivity index (χ1n) is 4.23. The van der Waals surface area contributed by atoms with Crippen LogP contribution < -0.4 is 0 Å². The lowest BCUT2D eigenvalue weighted by atomic mass is 10.0. The average Bonchev–Trinajstić information content (AvgIpc) is 2.17. The van der Waals surface area contributed by atoms with Gasteiger partial charge in [0.1, 0.15) is 5.82 Å². The summed E-state index contributed by atoms with van der Waals surface area (Å²) in [5.74, 6) is 0.339. The molecule has 0 amide bonds. The van der Waals surface area contributed by atoms with Gasteiger partial charge in [0.25, 0.3) is 0 Å². The van der Waals surface area contributed by atoms with E-state index in [1.807, 2.05) is 6.07 Å². The summed E-state index contributed by atoms with van der Waals surface area (Å²) in [4.78, 5) is 0. The maximum Gasteiger partial charge on any atom is 0.124 e. The number of hydrogen-bond donors (Lipinski definition) is 0. The minimum atomic E-state index is -0.199. The summed E-state index contributed by atoms with van der Waals surface area (Å²) >= 11 is 10.3. The molecule has 0 aliphatic rings. The maximum atomic E-state index is 12.8. The Bertz CT molecular complexity index is 297. The van der Waals surface area contributed by atoms with E-state index in [9.17, 15) is 4.39 Å². The highest BCUT2D eigenvalue weighted by molar-refractivity contribution is 9.10. The zero-order chi connectivity index (χ0) is 10.6. The second-order valence-corrected chi connectivity index (χ2v) is 5.26. The highest BCUT2D eigenvalue weighted by Gasteiger charge is 2.09. The molecule has 0 aromatic heterocycles. The molecule has 1 aromatic rings. The maximum absolute atomic E-state index is 12.8. The van der Waals surface area contributed by atoms with Gasteiger partial charge in [-0.15, -0.1) is 0 Å². The van der Waals surface area contributed by atoms with E-state index >= 15 is 0 Å². The molecule has 0 radical (unpaired) electrons. The number of alkyl halides is 2. The van der Waals surface area contributed by atoms with Crippen LogP contribution in [0.1, 0.15) is 5.56 Å². The van der Waals surface area contributed by atoms with Crippen molar-refractivity contribution in [1.82, 2.24) is 0 Å². The molecule has 0 spiro atoms. The van der Waals surface area contributed by atoms with E-state index in [4.69, 9.17) is 0 Å². The van der Waals surface area contributed by atoms with Crippen LogP contribution in [0.15, 0.2) is 22.7 Å². The Kier molecular flexibility index (Phi) is 5.64. The topological polar surface area (TPSA) is 0 Å². The number of rotatable bonds is 4. The molecule has 0 bridgehead atoms. The monoisotopic (exact) mass is 386 g/mol. The minimum Gasteiger partial charge on any atom is -0.207 e. The first kappa shape index (κ1) is 12.7. The second kappa shape index (κ2) is 6.23. The Hall–Kier alpha value is 0.590. The quantitative estimate of drug-likeness (QED) is 0.664. The lowest BCUT2D eigenvalue weighted by Crippen LogP contribution is -2.07. The van der Waals surface area contributed by atoms with E-state index in [2.05, 4.69) is 47.8 Å². The van der Waals surface area contributed by atoms with Crippen molar-refractivity contribution in [2.24, 2.45) is 5.92 Å². The fourth-order valence-corrected chi connectivity index (χ4v) is 3.19. The molecule has 0 N–H and O–H groups in total. The van der Waals surface area contributed by atoms with Gasteiger partial charge < -0.3 is 0 Å². The summed E-state index contributed by atoms with van der Waals surface area (Å²) in [6, 6.07) is 4.84. The number of halogens is 4. The molecular weight excluding hydrogens is 379 g/mol. The van der Waals surface area contributed by atoms with Gasteiger partial charge in [0.15, 0.2) is 0 Å². The molecule has 0 unspecified atom stereocenters. The average molecular weight is 389 g/mol. The van der Waals surface area contributed by atoms with Crippen LogP contribution in [-0.4, -0.2) is 10.7 Å². The van der Waals surface area contributed by atoms with Crippen molar-refractivity contribution in [1.29, 1.82) is 0 Å². The van der Waals surface area contributed by atoms with Crippen LogP contribution in [0.2, 0.25) is 0 Å². The molecule has 0 saturated carbocycles. The third-order valence-electron chi connectivity index (χ3n) is 1.96. The molecule has 0 nitrogen and oxygen atoms in total. The molecule has 0 heterocycles. The highest BCUT2D eigenvalue weighted by atomic mass is 79.9. The van der Waals surface area contributed by atoms with Crippen LogP contribution in [-0.2, 0) is 6.42 Å². The van der Waals surface area contributed by atoms with Crippen LogP contribution >= 0.6 is 47.8 Å². The van der Waals surface area contributed by atoms with Crippen molar-refractivity contribution < 1.29 is 4.39 Å². The molecule has 0 saturated heterocycles. The van der Waals surface area contributed by atoms with Crippen molar-refractivity contribution in [3.05, 3.63) is 34.1 Å². The third kappa shape index (κ3) is 3.63. The zero-order valence-corrected chi connectivity index (χ0v) is 12.2. The Morgan fingerprint density at radius 1 is 1.21 bits per heavy atom. The summed E-state index contributed by atoms with van der Waals surface area (Å²) in [5, 5.41) is 1.89. The summed E-state index contributed by atoms with van der Waals surface area (Å²) in [6.07, 6.45) is 0.942. The molecular formula is C10H10Br3F. The molecule has 0 aliphatic carbocycles. The van der Waals surface area contributed by atoms with E-state index in [-0.39, 0.29) is 5.82 Å². The standard InChI is InChI=1S/C10H10Br3F/c11-5-7(6-12)3-8-1-2-9(14)4-10(8)13/h1-2,4,7H,3,5-6H2. The number of benzene rings is 1. The first-order valence-corrected chi connectivity index (χ1v) is 7.26. The summed E-state index contributed by atoms with van der Waals surface area (Å²) in [6.45, 7) is 0. The van der Waals surface area contributed by atoms with Crippen molar-refractivity contribution >= 4 is 47.8 Å². The van der Waals surface area contributed by atoms with Gasteiger partial charge in [-0.1, -0.05) is 53.9 Å². The Morgan fingerprint density at radius 3 is 2.36 bits per heavy atom. The van der Waals surface area contributed by atoms with Crippen LogP contribution in [0.25, 0.3) is 0 Å². The van der Waals surface area contributed by atoms with Crippen LogP contribution in [0.4, 0.5) is 4.39 Å². The van der Waals surface area contributed by atoms with Crippen molar-refractivity contribution in [3.8, 4) is 0 Å². The van der Waals surface area contributed by atoms with E-state index in [1.54, 1.807) is 0 Å². The number of hydrogen-bond acceptors (Lipinski definition) is 0. The van der Waals surface area contributed by atoms with E-state index in [0.717, 1.165) is 27.1 Å². The second-order valence-electron chi connectivity index (χ2n) is 3.11. The third-order valence-corrected chi connectivity index (χ3v) is 4.53. The molecule has 1 rings (SSSR count). The molecule has 78 valence electrons. The van der Waals surface area contributed by atoms with Gasteiger partial charge in [-0.05, 0) is 30.0 Å². The Labute approximate surface area is 109 Å². The lowest BCUT2D eigenvalue weighted by molar-refractivity contribution is 0.622. The predicted molar refractivity (Wildman–Crippen MR) is 68.9 cm³/mol. The van der Waals surface area contributed by atoms with Crippen LogP contribution in [0.5, 0.6) is 0 Å². The molecule has 14 heavy (non-hydrogen) atoms. The predicted octanol–water partition coefficient (Wildman–Crippen LogP) is 4.54. The first-order chi connectivity index (χ1) is 6.67. The van der Waals surface area contributed by atoms with Gasteiger partial charge >= 0.3 is 0 Å². The SMILES string of the molecule is Fc1ccc(CC(CBr)CBr)c(Br)c1. The lowest BCUT2D eigenvalue weighted by Gasteiger charge is -2.11. The molecule has 0 atom stereocenters. The fraction of sp³-hybridized carbons (Fsp3) is 0.400. The van der Waals surface area contributed by atoms with Crippen molar-refractivity contribution in [2.75, 3.05) is 10.7 Å². The van der Waals surface area contributed by atoms with Gasteiger partial charge in [-0.3, -0.25) is 0 Å². The van der Waals surface area contributed by atoms with Crippen molar-refractivity contribution in [2.45, 2.75) is 6.42 Å². The van der Waals surface area contributed by atoms with Gasteiger partial charge in [0, 0.05) is 15.1 Å². The van der Waals surface area contributed by atoms with Gasteiger partial charge in [-0.25, -0.2) is 4.39 Å². The van der Waals surface area contributed by atoms with E-state index in [0.29, 0.717) is 5.92 Å². The van der Waals surface area contributed by atoms with Crippen LogP contribution in [0.3, 0.4) is 0 Å². The van der Waals surface area contributed by atoms with Crippen molar-refractivity contribution in [3.63, 3.8) is 0 Å². The highest BCUT2D eigenvalue weighted by Crippen LogP contribution is 2.22. The Morgan fingerprint density at radius 2 is 1.86 bits per heavy atom. The largest absolute Gasteiger partial charge is 0.207 e. The van der Waals surface area contributed by atoms with E-state index < -0.39 is 0 Å². The summed E-state index contributed by atoms with van der Waals surface area (Å²) in [7, 11) is 0. The minimum absolute atomic E-state index is 0.199. The van der Waals surface area contributed by atoms with Gasteiger partial charge in [0.05, 0.1) is 0 Å². The zero-order valence-electron chi connectivity index (χ0n) is 7.44. The summed E-state index contributed by atoms with van der Waals surface area (Å²) < 4.78 is 13.7. The van der Waals surface area contributed by atoms with Gasteiger partial charge in [0.2, 0.25) is 0 Å². The Balaban J connectivity index is 2.76. The molecule has 1 aromatic carbocycles. The molecule has 4 heteroatoms. The summed E-state index contributed by atoms with van der Waals surface area (Å²) in [5.41, 5.74) is 1.15. The van der Waals surface area contributed by atoms with Crippen LogP contribution in [0, 0.1) is 11.7 Å². The smallest absolute Gasteiger partial charge is 0.124 e. The molecule has 0 aliphatic heterocycles. The van der Waals surface area contributed by atoms with Gasteiger partial charge in [-0.2, -0.15) is 0 Å². The fourth-order valence-electron chi connectivity index (χ4n) is 1.15.